The molecule has 34 heavy (non-hydrogen) atoms. The Morgan fingerprint density at radius 3 is 2.44 bits per heavy atom. The topological polar surface area (TPSA) is 47.4 Å². The fraction of sp³-hybridized carbons (Fsp3) is 0.172. The van der Waals surface area contributed by atoms with Gasteiger partial charge in [-0.05, 0) is 52.7 Å². The van der Waals surface area contributed by atoms with Gasteiger partial charge in [-0.15, -0.1) is 0 Å². The molecule has 1 unspecified atom stereocenters. The van der Waals surface area contributed by atoms with Gasteiger partial charge in [-0.25, -0.2) is 4.98 Å². The number of fused-ring (bicyclic) bond motifs is 2. The fourth-order valence-electron chi connectivity index (χ4n) is 4.42. The monoisotopic (exact) mass is 449 g/mol. The van der Waals surface area contributed by atoms with Crippen molar-refractivity contribution in [3.05, 3.63) is 102 Å². The third-order valence-corrected chi connectivity index (χ3v) is 6.45. The number of carbonyl (C=O) groups excluding carboxylic acids is 1. The minimum atomic E-state index is 0.00779. The second-order valence-corrected chi connectivity index (χ2v) is 8.53. The van der Waals surface area contributed by atoms with Gasteiger partial charge >= 0.3 is 0 Å². The van der Waals surface area contributed by atoms with E-state index in [4.69, 9.17) is 9.72 Å². The summed E-state index contributed by atoms with van der Waals surface area (Å²) >= 11 is 0. The molecule has 0 aliphatic heterocycles. The second kappa shape index (κ2) is 9.02. The Kier molecular flexibility index (Phi) is 5.76. The summed E-state index contributed by atoms with van der Waals surface area (Å²) in [6.45, 7) is 2.37. The van der Waals surface area contributed by atoms with Crippen molar-refractivity contribution in [2.45, 2.75) is 19.4 Å². The van der Waals surface area contributed by atoms with Crippen LogP contribution in [-0.2, 0) is 11.3 Å². The van der Waals surface area contributed by atoms with Gasteiger partial charge in [0, 0.05) is 18.7 Å². The van der Waals surface area contributed by atoms with Gasteiger partial charge in [0.05, 0.1) is 18.1 Å². The molecule has 0 bridgehead atoms. The first-order valence-electron chi connectivity index (χ1n) is 11.4. The van der Waals surface area contributed by atoms with E-state index >= 15 is 0 Å². The molecular weight excluding hydrogens is 422 g/mol. The van der Waals surface area contributed by atoms with Crippen LogP contribution in [0.15, 0.2) is 91.0 Å². The van der Waals surface area contributed by atoms with E-state index in [1.807, 2.05) is 73.8 Å². The lowest BCUT2D eigenvalue weighted by molar-refractivity contribution is -0.118. The highest BCUT2D eigenvalue weighted by Gasteiger charge is 2.21. The number of aromatic nitrogens is 2. The zero-order chi connectivity index (χ0) is 23.7. The molecule has 0 radical (unpaired) electrons. The van der Waals surface area contributed by atoms with Gasteiger partial charge in [-0.3, -0.25) is 4.79 Å². The number of methoxy groups -OCH3 is 1. The fourth-order valence-corrected chi connectivity index (χ4v) is 4.42. The van der Waals surface area contributed by atoms with Crippen LogP contribution in [0.5, 0.6) is 5.75 Å². The molecule has 0 N–H and O–H groups in total. The first-order chi connectivity index (χ1) is 16.5. The van der Waals surface area contributed by atoms with Crippen LogP contribution in [0.4, 0.5) is 5.69 Å². The number of hydrogen-bond acceptors (Lipinski definition) is 3. The first-order valence-corrected chi connectivity index (χ1v) is 11.4. The minimum Gasteiger partial charge on any atom is -0.497 e. The molecule has 1 heterocycles. The van der Waals surface area contributed by atoms with E-state index in [0.29, 0.717) is 0 Å². The van der Waals surface area contributed by atoms with Crippen molar-refractivity contribution in [1.29, 1.82) is 0 Å². The summed E-state index contributed by atoms with van der Waals surface area (Å²) in [5.41, 5.74) is 3.88. The first kappa shape index (κ1) is 21.7. The lowest BCUT2D eigenvalue weighted by Gasteiger charge is -2.20. The number of likely N-dealkylation sites (N-methyl/N-ethyl adjacent to an activating group) is 1. The van der Waals surface area contributed by atoms with E-state index in [1.165, 1.54) is 0 Å². The van der Waals surface area contributed by atoms with E-state index < -0.39 is 0 Å². The summed E-state index contributed by atoms with van der Waals surface area (Å²) in [6.07, 6.45) is 0. The van der Waals surface area contributed by atoms with Gasteiger partial charge in [-0.2, -0.15) is 0 Å². The molecule has 5 aromatic rings. The van der Waals surface area contributed by atoms with E-state index in [2.05, 4.69) is 35.8 Å². The molecule has 5 heteroatoms. The highest BCUT2D eigenvalue weighted by atomic mass is 16.5. The molecule has 5 nitrogen and oxygen atoms in total. The van der Waals surface area contributed by atoms with Gasteiger partial charge in [0.1, 0.15) is 18.1 Å². The van der Waals surface area contributed by atoms with Gasteiger partial charge in [0.15, 0.2) is 0 Å². The standard InChI is InChI=1S/C29H27N3O2/c1-20(21-13-14-23-18-25(34-3)16-15-22(23)17-21)29-30-26-11-7-8-12-27(26)32(29)19-28(33)31(2)24-9-5-4-6-10-24/h4-18,20H,19H2,1-3H3. The molecule has 4 aromatic carbocycles. The lowest BCUT2D eigenvalue weighted by Crippen LogP contribution is -2.30. The molecule has 0 aliphatic carbocycles. The maximum Gasteiger partial charge on any atom is 0.246 e. The van der Waals surface area contributed by atoms with Crippen LogP contribution in [0.25, 0.3) is 21.8 Å². The Morgan fingerprint density at radius 1 is 0.941 bits per heavy atom. The molecule has 1 amide bonds. The highest BCUT2D eigenvalue weighted by molar-refractivity contribution is 5.93. The van der Waals surface area contributed by atoms with E-state index in [1.54, 1.807) is 12.0 Å². The smallest absolute Gasteiger partial charge is 0.246 e. The number of ether oxygens (including phenoxy) is 1. The van der Waals surface area contributed by atoms with Crippen molar-refractivity contribution < 1.29 is 9.53 Å². The van der Waals surface area contributed by atoms with Gasteiger partial charge in [0.25, 0.3) is 0 Å². The molecular formula is C29H27N3O2. The zero-order valence-electron chi connectivity index (χ0n) is 19.6. The van der Waals surface area contributed by atoms with Crippen molar-refractivity contribution in [3.8, 4) is 5.75 Å². The summed E-state index contributed by atoms with van der Waals surface area (Å²) in [5.74, 6) is 1.74. The number of para-hydroxylation sites is 3. The average Bonchev–Trinajstić information content (AvgIpc) is 3.25. The van der Waals surface area contributed by atoms with Crippen LogP contribution >= 0.6 is 0 Å². The minimum absolute atomic E-state index is 0.00779. The summed E-state index contributed by atoms with van der Waals surface area (Å²) in [5, 5.41) is 2.27. The van der Waals surface area contributed by atoms with Crippen molar-refractivity contribution >= 4 is 33.4 Å². The van der Waals surface area contributed by atoms with Gasteiger partial charge in [0.2, 0.25) is 5.91 Å². The number of rotatable bonds is 6. The number of imidazole rings is 1. The van der Waals surface area contributed by atoms with Crippen LogP contribution in [-0.4, -0.2) is 29.6 Å². The van der Waals surface area contributed by atoms with Crippen LogP contribution < -0.4 is 9.64 Å². The molecule has 0 aliphatic rings. The number of carbonyl (C=O) groups is 1. The van der Waals surface area contributed by atoms with E-state index in [0.717, 1.165) is 44.6 Å². The van der Waals surface area contributed by atoms with E-state index in [9.17, 15) is 4.79 Å². The lowest BCUT2D eigenvalue weighted by atomic mass is 9.97. The molecule has 170 valence electrons. The third-order valence-electron chi connectivity index (χ3n) is 6.45. The van der Waals surface area contributed by atoms with Crippen LogP contribution in [0.3, 0.4) is 0 Å². The van der Waals surface area contributed by atoms with Crippen molar-refractivity contribution in [3.63, 3.8) is 0 Å². The Bertz CT molecular complexity index is 1470. The molecule has 0 saturated carbocycles. The van der Waals surface area contributed by atoms with Crippen molar-refractivity contribution in [2.75, 3.05) is 19.1 Å². The molecule has 0 spiro atoms. The Hall–Kier alpha value is -4.12. The third kappa shape index (κ3) is 4.01. The Balaban J connectivity index is 1.52. The van der Waals surface area contributed by atoms with Crippen LogP contribution in [0.2, 0.25) is 0 Å². The number of hydrogen-bond donors (Lipinski definition) is 0. The number of benzene rings is 4. The van der Waals surface area contributed by atoms with Crippen molar-refractivity contribution in [1.82, 2.24) is 9.55 Å². The SMILES string of the molecule is COc1ccc2cc(C(C)c3nc4ccccc4n3CC(=O)N(C)c3ccccc3)ccc2c1. The largest absolute Gasteiger partial charge is 0.497 e. The molecule has 5 rings (SSSR count). The maximum atomic E-state index is 13.3. The van der Waals surface area contributed by atoms with Gasteiger partial charge in [-0.1, -0.05) is 61.5 Å². The molecule has 1 aromatic heterocycles. The predicted octanol–water partition coefficient (Wildman–Crippen LogP) is 6.01. The normalized spacial score (nSPS) is 12.1. The number of amides is 1. The quantitative estimate of drug-likeness (QED) is 0.319. The average molecular weight is 450 g/mol. The predicted molar refractivity (Wildman–Crippen MR) is 138 cm³/mol. The Morgan fingerprint density at radius 2 is 1.65 bits per heavy atom. The van der Waals surface area contributed by atoms with Gasteiger partial charge < -0.3 is 14.2 Å². The maximum absolute atomic E-state index is 13.3. The summed E-state index contributed by atoms with van der Waals surface area (Å²) in [4.78, 5) is 19.9. The molecule has 0 saturated heterocycles. The second-order valence-electron chi connectivity index (χ2n) is 8.53. The van der Waals surface area contributed by atoms with Crippen LogP contribution in [0, 0.1) is 0 Å². The molecule has 1 atom stereocenters. The number of nitrogens with zero attached hydrogens (tertiary/aromatic N) is 3. The van der Waals surface area contributed by atoms with E-state index in [-0.39, 0.29) is 18.4 Å². The highest BCUT2D eigenvalue weighted by Crippen LogP contribution is 2.31. The summed E-state index contributed by atoms with van der Waals surface area (Å²) in [6, 6.07) is 30.2. The summed E-state index contributed by atoms with van der Waals surface area (Å²) in [7, 11) is 3.50. The zero-order valence-corrected chi connectivity index (χ0v) is 19.6. The number of anilines is 1. The van der Waals surface area contributed by atoms with Crippen LogP contribution in [0.1, 0.15) is 24.2 Å². The summed E-state index contributed by atoms with van der Waals surface area (Å²) < 4.78 is 7.41. The Labute approximate surface area is 199 Å². The van der Waals surface area contributed by atoms with Crippen molar-refractivity contribution in [2.24, 2.45) is 0 Å². The molecule has 0 fully saturated rings.